The van der Waals surface area contributed by atoms with Gasteiger partial charge in [-0.05, 0) is 38.4 Å². The monoisotopic (exact) mass is 260 g/mol. The largest absolute Gasteiger partial charge is 0.385 e. The van der Waals surface area contributed by atoms with Gasteiger partial charge < -0.3 is 14.6 Å². The van der Waals surface area contributed by atoms with Crippen LogP contribution in [0.1, 0.15) is 31.9 Å². The number of ether oxygens (including phenoxy) is 1. The number of para-hydroxylation sites is 1. The Morgan fingerprint density at radius 2 is 2.05 bits per heavy atom. The van der Waals surface area contributed by atoms with Crippen LogP contribution in [0.5, 0.6) is 0 Å². The van der Waals surface area contributed by atoms with E-state index in [2.05, 4.69) is 54.2 Å². The number of rotatable bonds is 7. The van der Waals surface area contributed by atoms with Crippen LogP contribution in [0.4, 0.5) is 0 Å². The van der Waals surface area contributed by atoms with Gasteiger partial charge in [-0.2, -0.15) is 0 Å². The number of hydrogen-bond acceptors (Lipinski definition) is 2. The molecule has 0 unspecified atom stereocenters. The molecule has 0 fully saturated rings. The van der Waals surface area contributed by atoms with Gasteiger partial charge in [0, 0.05) is 43.4 Å². The van der Waals surface area contributed by atoms with Crippen LogP contribution < -0.4 is 5.32 Å². The lowest BCUT2D eigenvalue weighted by molar-refractivity contribution is 0.194. The zero-order valence-electron chi connectivity index (χ0n) is 12.1. The molecule has 0 aliphatic heterocycles. The summed E-state index contributed by atoms with van der Waals surface area (Å²) >= 11 is 0. The van der Waals surface area contributed by atoms with Crippen molar-refractivity contribution < 1.29 is 4.74 Å². The summed E-state index contributed by atoms with van der Waals surface area (Å²) in [6.07, 6.45) is 3.33. The Labute approximate surface area is 115 Å². The first kappa shape index (κ1) is 14.1. The summed E-state index contributed by atoms with van der Waals surface area (Å²) in [4.78, 5) is 0. The van der Waals surface area contributed by atoms with Crippen LogP contribution in [-0.2, 0) is 11.3 Å². The lowest BCUT2D eigenvalue weighted by Gasteiger charge is -2.08. The van der Waals surface area contributed by atoms with Crippen molar-refractivity contribution in [3.05, 3.63) is 36.0 Å². The molecule has 0 bridgehead atoms. The van der Waals surface area contributed by atoms with Gasteiger partial charge in [-0.1, -0.05) is 18.2 Å². The highest BCUT2D eigenvalue weighted by atomic mass is 16.5. The van der Waals surface area contributed by atoms with Gasteiger partial charge in [-0.25, -0.2) is 0 Å². The Morgan fingerprint density at radius 3 is 2.79 bits per heavy atom. The molecule has 0 aliphatic rings. The fraction of sp³-hybridized carbons (Fsp3) is 0.500. The summed E-state index contributed by atoms with van der Waals surface area (Å²) in [6, 6.07) is 9.12. The van der Waals surface area contributed by atoms with Gasteiger partial charge in [0.15, 0.2) is 0 Å². The molecule has 3 nitrogen and oxygen atoms in total. The maximum Gasteiger partial charge on any atom is 0.0486 e. The maximum absolute atomic E-state index is 5.06. The van der Waals surface area contributed by atoms with Crippen molar-refractivity contribution in [1.82, 2.24) is 9.88 Å². The van der Waals surface area contributed by atoms with Crippen molar-refractivity contribution >= 4 is 10.9 Å². The normalized spacial score (nSPS) is 11.6. The minimum absolute atomic E-state index is 0.493. The summed E-state index contributed by atoms with van der Waals surface area (Å²) in [7, 11) is 1.75. The third kappa shape index (κ3) is 3.37. The van der Waals surface area contributed by atoms with E-state index < -0.39 is 0 Å². The highest BCUT2D eigenvalue weighted by molar-refractivity contribution is 5.84. The molecule has 3 heteroatoms. The molecule has 104 valence electrons. The smallest absolute Gasteiger partial charge is 0.0486 e. The molecule has 1 aromatic heterocycles. The maximum atomic E-state index is 5.06. The SMILES string of the molecule is COCCCNCc1cn(C(C)C)c2ccccc12. The topological polar surface area (TPSA) is 26.2 Å². The number of nitrogens with zero attached hydrogens (tertiary/aromatic N) is 1. The van der Waals surface area contributed by atoms with Crippen molar-refractivity contribution in [2.24, 2.45) is 0 Å². The second-order valence-corrected chi connectivity index (χ2v) is 5.20. The van der Waals surface area contributed by atoms with Crippen molar-refractivity contribution in [3.8, 4) is 0 Å². The zero-order chi connectivity index (χ0) is 13.7. The van der Waals surface area contributed by atoms with Crippen molar-refractivity contribution in [2.45, 2.75) is 32.9 Å². The van der Waals surface area contributed by atoms with Crippen molar-refractivity contribution in [1.29, 1.82) is 0 Å². The first-order valence-electron chi connectivity index (χ1n) is 7.02. The van der Waals surface area contributed by atoms with Crippen LogP contribution in [0.15, 0.2) is 30.5 Å². The van der Waals surface area contributed by atoms with Gasteiger partial charge in [-0.15, -0.1) is 0 Å². The second kappa shape index (κ2) is 6.73. The third-order valence-corrected chi connectivity index (χ3v) is 3.40. The molecule has 0 radical (unpaired) electrons. The summed E-state index contributed by atoms with van der Waals surface area (Å²) < 4.78 is 7.40. The Morgan fingerprint density at radius 1 is 1.26 bits per heavy atom. The van der Waals surface area contributed by atoms with E-state index in [9.17, 15) is 0 Å². The Hall–Kier alpha value is -1.32. The molecule has 0 spiro atoms. The van der Waals surface area contributed by atoms with Gasteiger partial charge in [0.05, 0.1) is 0 Å². The first-order chi connectivity index (χ1) is 9.24. The molecule has 1 aromatic carbocycles. The molecular weight excluding hydrogens is 236 g/mol. The standard InChI is InChI=1S/C16H24N2O/c1-13(2)18-12-14(11-17-9-6-10-19-3)15-7-4-5-8-16(15)18/h4-5,7-8,12-13,17H,6,9-11H2,1-3H3. The molecule has 0 saturated heterocycles. The molecule has 2 aromatic rings. The molecule has 1 N–H and O–H groups in total. The van der Waals surface area contributed by atoms with Gasteiger partial charge in [-0.3, -0.25) is 0 Å². The zero-order valence-corrected chi connectivity index (χ0v) is 12.1. The number of aromatic nitrogens is 1. The van der Waals surface area contributed by atoms with Crippen LogP contribution >= 0.6 is 0 Å². The third-order valence-electron chi connectivity index (χ3n) is 3.40. The average Bonchev–Trinajstić information content (AvgIpc) is 2.78. The fourth-order valence-electron chi connectivity index (χ4n) is 2.41. The minimum atomic E-state index is 0.493. The molecule has 0 amide bonds. The summed E-state index contributed by atoms with van der Waals surface area (Å²) in [6.45, 7) is 7.18. The first-order valence-corrected chi connectivity index (χ1v) is 7.02. The predicted molar refractivity (Wildman–Crippen MR) is 80.5 cm³/mol. The van der Waals surface area contributed by atoms with Gasteiger partial charge in [0.2, 0.25) is 0 Å². The second-order valence-electron chi connectivity index (χ2n) is 5.20. The van der Waals surface area contributed by atoms with Crippen LogP contribution in [0.3, 0.4) is 0 Å². The Balaban J connectivity index is 2.10. The summed E-state index contributed by atoms with van der Waals surface area (Å²) in [5.74, 6) is 0. The van der Waals surface area contributed by atoms with E-state index in [0.29, 0.717) is 6.04 Å². The lowest BCUT2D eigenvalue weighted by Crippen LogP contribution is -2.15. The van der Waals surface area contributed by atoms with Crippen LogP contribution in [0.25, 0.3) is 10.9 Å². The van der Waals surface area contributed by atoms with E-state index in [1.165, 1.54) is 16.5 Å². The van der Waals surface area contributed by atoms with E-state index in [0.717, 1.165) is 26.1 Å². The fourth-order valence-corrected chi connectivity index (χ4v) is 2.41. The predicted octanol–water partition coefficient (Wildman–Crippen LogP) is 3.35. The van der Waals surface area contributed by atoms with E-state index in [-0.39, 0.29) is 0 Å². The summed E-state index contributed by atoms with van der Waals surface area (Å²) in [5.41, 5.74) is 2.70. The number of fused-ring (bicyclic) bond motifs is 1. The van der Waals surface area contributed by atoms with E-state index in [1.807, 2.05) is 0 Å². The molecule has 1 heterocycles. The number of benzene rings is 1. The molecule has 0 saturated carbocycles. The summed E-state index contributed by atoms with van der Waals surface area (Å²) in [5, 5.41) is 4.84. The van der Waals surface area contributed by atoms with E-state index in [1.54, 1.807) is 7.11 Å². The number of nitrogens with one attached hydrogen (secondary N) is 1. The average molecular weight is 260 g/mol. The number of methoxy groups -OCH3 is 1. The quantitative estimate of drug-likeness (QED) is 0.773. The Bertz CT molecular complexity index is 516. The Kier molecular flexibility index (Phi) is 5.00. The molecule has 2 rings (SSSR count). The van der Waals surface area contributed by atoms with Gasteiger partial charge >= 0.3 is 0 Å². The van der Waals surface area contributed by atoms with E-state index >= 15 is 0 Å². The van der Waals surface area contributed by atoms with Crippen molar-refractivity contribution in [3.63, 3.8) is 0 Å². The molecule has 0 atom stereocenters. The van der Waals surface area contributed by atoms with Gasteiger partial charge in [0.1, 0.15) is 0 Å². The number of hydrogen-bond donors (Lipinski definition) is 1. The highest BCUT2D eigenvalue weighted by Gasteiger charge is 2.09. The highest BCUT2D eigenvalue weighted by Crippen LogP contribution is 2.24. The minimum Gasteiger partial charge on any atom is -0.385 e. The molecular formula is C16H24N2O. The lowest BCUT2D eigenvalue weighted by atomic mass is 10.2. The molecule has 0 aliphatic carbocycles. The van der Waals surface area contributed by atoms with Crippen LogP contribution in [0, 0.1) is 0 Å². The molecule has 19 heavy (non-hydrogen) atoms. The van der Waals surface area contributed by atoms with Crippen LogP contribution in [0.2, 0.25) is 0 Å². The van der Waals surface area contributed by atoms with E-state index in [4.69, 9.17) is 4.74 Å². The van der Waals surface area contributed by atoms with Gasteiger partial charge in [0.25, 0.3) is 0 Å². The van der Waals surface area contributed by atoms with Crippen LogP contribution in [-0.4, -0.2) is 24.8 Å². The van der Waals surface area contributed by atoms with Crippen molar-refractivity contribution in [2.75, 3.05) is 20.3 Å².